The van der Waals surface area contributed by atoms with Gasteiger partial charge in [-0.2, -0.15) is 5.26 Å². The van der Waals surface area contributed by atoms with E-state index < -0.39 is 0 Å². The number of aryl methyl sites for hydroxylation is 2. The summed E-state index contributed by atoms with van der Waals surface area (Å²) in [5.74, 6) is -0.0974. The van der Waals surface area contributed by atoms with Crippen molar-refractivity contribution in [1.82, 2.24) is 0 Å². The molecule has 0 N–H and O–H groups in total. The number of nitrogens with zero attached hydrogens (tertiary/aromatic N) is 2. The number of halogens is 1. The first-order valence-electron chi connectivity index (χ1n) is 7.04. The summed E-state index contributed by atoms with van der Waals surface area (Å²) in [5.41, 5.74) is 3.73. The van der Waals surface area contributed by atoms with Crippen LogP contribution < -0.4 is 4.90 Å². The third kappa shape index (κ3) is 3.75. The first-order chi connectivity index (χ1) is 10.5. The molecule has 0 aliphatic heterocycles. The summed E-state index contributed by atoms with van der Waals surface area (Å²) >= 11 is 3.39. The second-order valence-electron chi connectivity index (χ2n) is 5.14. The van der Waals surface area contributed by atoms with Crippen LogP contribution in [0.3, 0.4) is 0 Å². The van der Waals surface area contributed by atoms with Gasteiger partial charge in [-0.15, -0.1) is 0 Å². The molecule has 2 rings (SSSR count). The second-order valence-corrected chi connectivity index (χ2v) is 6.06. The Kier molecular flexibility index (Phi) is 5.35. The summed E-state index contributed by atoms with van der Waals surface area (Å²) in [4.78, 5) is 14.5. The Balaban J connectivity index is 2.39. The lowest BCUT2D eigenvalue weighted by atomic mass is 10.1. The van der Waals surface area contributed by atoms with E-state index in [0.29, 0.717) is 18.5 Å². The average molecular weight is 357 g/mol. The van der Waals surface area contributed by atoms with Crippen LogP contribution in [0, 0.1) is 25.2 Å². The molecule has 2 aromatic rings. The fourth-order valence-electron chi connectivity index (χ4n) is 2.18. The van der Waals surface area contributed by atoms with Crippen LogP contribution in [-0.4, -0.2) is 12.5 Å². The molecule has 0 spiro atoms. The molecule has 1 amide bonds. The number of nitriles is 1. The second kappa shape index (κ2) is 7.24. The summed E-state index contributed by atoms with van der Waals surface area (Å²) in [7, 11) is 0. The highest BCUT2D eigenvalue weighted by molar-refractivity contribution is 9.10. The maximum atomic E-state index is 12.8. The van der Waals surface area contributed by atoms with Gasteiger partial charge >= 0.3 is 0 Å². The van der Waals surface area contributed by atoms with Gasteiger partial charge in [-0.05, 0) is 55.3 Å². The van der Waals surface area contributed by atoms with Crippen molar-refractivity contribution in [2.24, 2.45) is 0 Å². The number of amides is 1. The minimum Gasteiger partial charge on any atom is -0.307 e. The van der Waals surface area contributed by atoms with Crippen LogP contribution in [0.4, 0.5) is 5.69 Å². The van der Waals surface area contributed by atoms with Gasteiger partial charge in [0, 0.05) is 22.3 Å². The van der Waals surface area contributed by atoms with Crippen LogP contribution in [0.15, 0.2) is 46.9 Å². The van der Waals surface area contributed by atoms with Gasteiger partial charge in [0.2, 0.25) is 0 Å². The highest BCUT2D eigenvalue weighted by Gasteiger charge is 2.18. The summed E-state index contributed by atoms with van der Waals surface area (Å²) in [6, 6.07) is 15.3. The quantitative estimate of drug-likeness (QED) is 0.801. The minimum atomic E-state index is -0.0974. The monoisotopic (exact) mass is 356 g/mol. The zero-order valence-corrected chi connectivity index (χ0v) is 14.2. The Hall–Kier alpha value is -2.12. The van der Waals surface area contributed by atoms with E-state index in [0.717, 1.165) is 15.7 Å². The smallest absolute Gasteiger partial charge is 0.258 e. The lowest BCUT2D eigenvalue weighted by Crippen LogP contribution is -2.31. The summed E-state index contributed by atoms with van der Waals surface area (Å²) in [6.45, 7) is 4.43. The van der Waals surface area contributed by atoms with Crippen LogP contribution in [-0.2, 0) is 0 Å². The van der Waals surface area contributed by atoms with Crippen molar-refractivity contribution in [3.05, 3.63) is 63.6 Å². The molecule has 0 fully saturated rings. The molecule has 0 saturated carbocycles. The molecule has 22 heavy (non-hydrogen) atoms. The highest BCUT2D eigenvalue weighted by Crippen LogP contribution is 2.22. The summed E-state index contributed by atoms with van der Waals surface area (Å²) in [6.07, 6.45) is 0.298. The van der Waals surface area contributed by atoms with Crippen LogP contribution in [0.25, 0.3) is 0 Å². The molecule has 0 aliphatic rings. The Labute approximate surface area is 139 Å². The molecule has 0 unspecified atom stereocenters. The topological polar surface area (TPSA) is 44.1 Å². The maximum absolute atomic E-state index is 12.8. The molecule has 0 heterocycles. The first-order valence-corrected chi connectivity index (χ1v) is 7.84. The van der Waals surface area contributed by atoms with Crippen LogP contribution in [0.5, 0.6) is 0 Å². The fourth-order valence-corrected chi connectivity index (χ4v) is 2.58. The van der Waals surface area contributed by atoms with Crippen molar-refractivity contribution in [3.8, 4) is 6.07 Å². The van der Waals surface area contributed by atoms with E-state index in [4.69, 9.17) is 5.26 Å². The fraction of sp³-hybridized carbons (Fsp3) is 0.222. The van der Waals surface area contributed by atoms with Gasteiger partial charge in [-0.1, -0.05) is 28.1 Å². The number of hydrogen-bond donors (Lipinski definition) is 0. The van der Waals surface area contributed by atoms with Crippen molar-refractivity contribution < 1.29 is 4.79 Å². The van der Waals surface area contributed by atoms with Crippen LogP contribution in [0.2, 0.25) is 0 Å². The number of carbonyl (C=O) groups excluding carboxylic acids is 1. The Morgan fingerprint density at radius 2 is 1.95 bits per heavy atom. The third-order valence-corrected chi connectivity index (χ3v) is 4.06. The SMILES string of the molecule is Cc1ccc(N(CCC#N)C(=O)c2cccc(Br)c2)cc1C. The van der Waals surface area contributed by atoms with Crippen molar-refractivity contribution in [2.45, 2.75) is 20.3 Å². The zero-order chi connectivity index (χ0) is 16.1. The van der Waals surface area contributed by atoms with E-state index in [1.807, 2.05) is 44.2 Å². The summed E-state index contributed by atoms with van der Waals surface area (Å²) < 4.78 is 0.860. The molecule has 0 bridgehead atoms. The van der Waals surface area contributed by atoms with Crippen molar-refractivity contribution in [1.29, 1.82) is 5.26 Å². The number of anilines is 1. The normalized spacial score (nSPS) is 10.1. The predicted octanol–water partition coefficient (Wildman–Crippen LogP) is 4.63. The number of carbonyl (C=O) groups is 1. The molecule has 0 aromatic heterocycles. The molecular formula is C18H17BrN2O. The maximum Gasteiger partial charge on any atom is 0.258 e. The van der Waals surface area contributed by atoms with Gasteiger partial charge < -0.3 is 4.90 Å². The van der Waals surface area contributed by atoms with E-state index >= 15 is 0 Å². The van der Waals surface area contributed by atoms with Gasteiger partial charge in [0.05, 0.1) is 12.5 Å². The lowest BCUT2D eigenvalue weighted by molar-refractivity contribution is 0.0987. The molecule has 0 radical (unpaired) electrons. The van der Waals surface area contributed by atoms with Gasteiger partial charge in [-0.25, -0.2) is 0 Å². The molecular weight excluding hydrogens is 340 g/mol. The van der Waals surface area contributed by atoms with E-state index in [2.05, 4.69) is 22.0 Å². The molecule has 0 saturated heterocycles. The number of benzene rings is 2. The van der Waals surface area contributed by atoms with Crippen LogP contribution >= 0.6 is 15.9 Å². The molecule has 112 valence electrons. The average Bonchev–Trinajstić information content (AvgIpc) is 2.51. The molecule has 4 heteroatoms. The number of hydrogen-bond acceptors (Lipinski definition) is 2. The number of rotatable bonds is 4. The van der Waals surface area contributed by atoms with Crippen molar-refractivity contribution in [3.63, 3.8) is 0 Å². The Bertz CT molecular complexity index is 734. The summed E-state index contributed by atoms with van der Waals surface area (Å²) in [5, 5.41) is 8.86. The first kappa shape index (κ1) is 16.3. The standard InChI is InChI=1S/C18H17BrN2O/c1-13-7-8-17(11-14(13)2)21(10-4-9-20)18(22)15-5-3-6-16(19)12-15/h3,5-8,11-12H,4,10H2,1-2H3. The van der Waals surface area contributed by atoms with E-state index in [1.165, 1.54) is 5.56 Å². The molecule has 0 aliphatic carbocycles. The van der Waals surface area contributed by atoms with Gasteiger partial charge in [-0.3, -0.25) is 4.79 Å². The Morgan fingerprint density at radius 3 is 2.59 bits per heavy atom. The Morgan fingerprint density at radius 1 is 1.18 bits per heavy atom. The molecule has 3 nitrogen and oxygen atoms in total. The van der Waals surface area contributed by atoms with E-state index in [-0.39, 0.29) is 5.91 Å². The largest absolute Gasteiger partial charge is 0.307 e. The molecule has 0 atom stereocenters. The van der Waals surface area contributed by atoms with Crippen molar-refractivity contribution >= 4 is 27.5 Å². The van der Waals surface area contributed by atoms with Crippen molar-refractivity contribution in [2.75, 3.05) is 11.4 Å². The highest BCUT2D eigenvalue weighted by atomic mass is 79.9. The van der Waals surface area contributed by atoms with Gasteiger partial charge in [0.1, 0.15) is 0 Å². The van der Waals surface area contributed by atoms with Gasteiger partial charge in [0.15, 0.2) is 0 Å². The predicted molar refractivity (Wildman–Crippen MR) is 92.0 cm³/mol. The zero-order valence-electron chi connectivity index (χ0n) is 12.6. The van der Waals surface area contributed by atoms with E-state index in [9.17, 15) is 4.79 Å². The minimum absolute atomic E-state index is 0.0974. The van der Waals surface area contributed by atoms with Crippen LogP contribution in [0.1, 0.15) is 27.9 Å². The van der Waals surface area contributed by atoms with Gasteiger partial charge in [0.25, 0.3) is 5.91 Å². The molecule has 2 aromatic carbocycles. The lowest BCUT2D eigenvalue weighted by Gasteiger charge is -2.23. The third-order valence-electron chi connectivity index (χ3n) is 3.57. The van der Waals surface area contributed by atoms with E-state index in [1.54, 1.807) is 17.0 Å².